The lowest BCUT2D eigenvalue weighted by molar-refractivity contribution is 0.985. The third-order valence-corrected chi connectivity index (χ3v) is 4.35. The molecular formula is C14H14S. The zero-order valence-corrected chi connectivity index (χ0v) is 9.68. The van der Waals surface area contributed by atoms with E-state index >= 15 is 0 Å². The van der Waals surface area contributed by atoms with E-state index in [-0.39, 0.29) is 0 Å². The van der Waals surface area contributed by atoms with Gasteiger partial charge in [0.25, 0.3) is 0 Å². The van der Waals surface area contributed by atoms with Crippen molar-refractivity contribution in [3.05, 3.63) is 47.6 Å². The molecule has 15 heavy (non-hydrogen) atoms. The molecular weight excluding hydrogens is 200 g/mol. The van der Waals surface area contributed by atoms with Crippen LogP contribution in [0.4, 0.5) is 0 Å². The Morgan fingerprint density at radius 2 is 2.13 bits per heavy atom. The van der Waals surface area contributed by atoms with Gasteiger partial charge in [-0.1, -0.05) is 35.9 Å². The number of benzene rings is 1. The molecule has 1 aliphatic carbocycles. The predicted octanol–water partition coefficient (Wildman–Crippen LogP) is 4.28. The fourth-order valence-corrected chi connectivity index (χ4v) is 3.70. The molecule has 1 atom stereocenters. The average molecular weight is 214 g/mol. The number of fused-ring (bicyclic) bond motifs is 3. The van der Waals surface area contributed by atoms with Crippen molar-refractivity contribution in [1.29, 1.82) is 0 Å². The molecule has 0 fully saturated rings. The van der Waals surface area contributed by atoms with Crippen LogP contribution in [-0.4, -0.2) is 5.25 Å². The van der Waals surface area contributed by atoms with Gasteiger partial charge in [0.05, 0.1) is 5.25 Å². The third-order valence-electron chi connectivity index (χ3n) is 3.10. The van der Waals surface area contributed by atoms with E-state index in [0.29, 0.717) is 5.25 Å². The van der Waals surface area contributed by atoms with Crippen molar-refractivity contribution in [2.24, 2.45) is 0 Å². The quantitative estimate of drug-likeness (QED) is 0.581. The van der Waals surface area contributed by atoms with Crippen molar-refractivity contribution in [1.82, 2.24) is 0 Å². The number of allylic oxidation sites excluding steroid dienone is 2. The number of hydrogen-bond donors (Lipinski definition) is 0. The first-order valence-corrected chi connectivity index (χ1v) is 6.36. The van der Waals surface area contributed by atoms with Crippen molar-refractivity contribution in [2.75, 3.05) is 0 Å². The summed E-state index contributed by atoms with van der Waals surface area (Å²) in [5.74, 6) is 0. The van der Waals surface area contributed by atoms with Crippen LogP contribution in [0.5, 0.6) is 0 Å². The SMILES string of the molecule is CC1=CC2Sc3ccccc3C2=CCC1. The minimum atomic E-state index is 0.574. The molecule has 0 radical (unpaired) electrons. The lowest BCUT2D eigenvalue weighted by atomic mass is 10.0. The van der Waals surface area contributed by atoms with E-state index in [4.69, 9.17) is 0 Å². The normalized spacial score (nSPS) is 23.7. The van der Waals surface area contributed by atoms with Gasteiger partial charge in [-0.15, -0.1) is 11.8 Å². The fraction of sp³-hybridized carbons (Fsp3) is 0.286. The second kappa shape index (κ2) is 3.57. The summed E-state index contributed by atoms with van der Waals surface area (Å²) >= 11 is 1.99. The van der Waals surface area contributed by atoms with Gasteiger partial charge in [0, 0.05) is 4.90 Å². The van der Waals surface area contributed by atoms with Crippen molar-refractivity contribution in [3.8, 4) is 0 Å². The van der Waals surface area contributed by atoms with E-state index in [9.17, 15) is 0 Å². The molecule has 0 spiro atoms. The van der Waals surface area contributed by atoms with Gasteiger partial charge in [0.2, 0.25) is 0 Å². The van der Waals surface area contributed by atoms with Crippen molar-refractivity contribution >= 4 is 17.3 Å². The van der Waals surface area contributed by atoms with Crippen molar-refractivity contribution in [3.63, 3.8) is 0 Å². The molecule has 1 heteroatoms. The van der Waals surface area contributed by atoms with E-state index < -0.39 is 0 Å². The van der Waals surface area contributed by atoms with Gasteiger partial charge in [0.15, 0.2) is 0 Å². The molecule has 0 N–H and O–H groups in total. The predicted molar refractivity (Wildman–Crippen MR) is 67.1 cm³/mol. The summed E-state index contributed by atoms with van der Waals surface area (Å²) in [6.07, 6.45) is 7.28. The Morgan fingerprint density at radius 3 is 3.07 bits per heavy atom. The molecule has 0 amide bonds. The second-order valence-corrected chi connectivity index (χ2v) is 5.43. The minimum absolute atomic E-state index is 0.574. The molecule has 0 nitrogen and oxygen atoms in total. The van der Waals surface area contributed by atoms with Gasteiger partial charge in [0.1, 0.15) is 0 Å². The number of thioether (sulfide) groups is 1. The zero-order valence-electron chi connectivity index (χ0n) is 8.86. The molecule has 1 aromatic carbocycles. The van der Waals surface area contributed by atoms with Gasteiger partial charge in [-0.3, -0.25) is 0 Å². The monoisotopic (exact) mass is 214 g/mol. The Hall–Kier alpha value is -0.950. The molecule has 0 saturated carbocycles. The van der Waals surface area contributed by atoms with Crippen LogP contribution in [0.2, 0.25) is 0 Å². The minimum Gasteiger partial charge on any atom is -0.113 e. The largest absolute Gasteiger partial charge is 0.113 e. The van der Waals surface area contributed by atoms with Crippen LogP contribution in [0.15, 0.2) is 46.9 Å². The number of rotatable bonds is 0. The molecule has 1 aliphatic heterocycles. The van der Waals surface area contributed by atoms with Crippen LogP contribution in [0, 0.1) is 0 Å². The Bertz CT molecular complexity index is 454. The van der Waals surface area contributed by atoms with Gasteiger partial charge in [-0.05, 0) is 37.0 Å². The maximum atomic E-state index is 2.43. The Labute approximate surface area is 95.1 Å². The lowest BCUT2D eigenvalue weighted by Gasteiger charge is -2.04. The number of hydrogen-bond acceptors (Lipinski definition) is 1. The maximum Gasteiger partial charge on any atom is 0.0530 e. The standard InChI is InChI=1S/C14H14S/c1-10-5-4-7-12-11-6-2-3-8-13(11)15-14(12)9-10/h2-3,6-9,14H,4-5H2,1H3. The highest BCUT2D eigenvalue weighted by atomic mass is 32.2. The van der Waals surface area contributed by atoms with Gasteiger partial charge in [-0.2, -0.15) is 0 Å². The summed E-state index contributed by atoms with van der Waals surface area (Å²) in [4.78, 5) is 1.44. The lowest BCUT2D eigenvalue weighted by Crippen LogP contribution is -1.93. The summed E-state index contributed by atoms with van der Waals surface area (Å²) in [6.45, 7) is 2.25. The molecule has 0 saturated heterocycles. The smallest absolute Gasteiger partial charge is 0.0530 e. The first kappa shape index (κ1) is 9.29. The summed E-state index contributed by atoms with van der Waals surface area (Å²) in [6, 6.07) is 8.76. The molecule has 76 valence electrons. The molecule has 2 aliphatic rings. The van der Waals surface area contributed by atoms with Crippen molar-refractivity contribution in [2.45, 2.75) is 29.9 Å². The van der Waals surface area contributed by atoms with Crippen molar-refractivity contribution < 1.29 is 0 Å². The molecule has 1 unspecified atom stereocenters. The van der Waals surface area contributed by atoms with Gasteiger partial charge >= 0.3 is 0 Å². The van der Waals surface area contributed by atoms with Crippen LogP contribution in [-0.2, 0) is 0 Å². The highest BCUT2D eigenvalue weighted by molar-refractivity contribution is 8.01. The van der Waals surface area contributed by atoms with E-state index in [2.05, 4.69) is 43.3 Å². The Morgan fingerprint density at radius 1 is 1.27 bits per heavy atom. The van der Waals surface area contributed by atoms with E-state index in [1.54, 1.807) is 0 Å². The second-order valence-electron chi connectivity index (χ2n) is 4.25. The maximum absolute atomic E-state index is 2.43. The first-order chi connectivity index (χ1) is 7.34. The first-order valence-electron chi connectivity index (χ1n) is 5.48. The van der Waals surface area contributed by atoms with E-state index in [1.807, 2.05) is 11.8 Å². The van der Waals surface area contributed by atoms with Crippen LogP contribution in [0.25, 0.3) is 5.57 Å². The molecule has 0 aromatic heterocycles. The van der Waals surface area contributed by atoms with E-state index in [1.165, 1.54) is 34.4 Å². The van der Waals surface area contributed by atoms with Crippen LogP contribution in [0.3, 0.4) is 0 Å². The van der Waals surface area contributed by atoms with Crippen LogP contribution < -0.4 is 0 Å². The van der Waals surface area contributed by atoms with Crippen LogP contribution >= 0.6 is 11.8 Å². The van der Waals surface area contributed by atoms with Gasteiger partial charge in [-0.25, -0.2) is 0 Å². The fourth-order valence-electron chi connectivity index (χ4n) is 2.31. The molecule has 0 bridgehead atoms. The average Bonchev–Trinajstić information content (AvgIpc) is 2.46. The summed E-state index contributed by atoms with van der Waals surface area (Å²) in [5, 5.41) is 0.574. The van der Waals surface area contributed by atoms with E-state index in [0.717, 1.165) is 0 Å². The Kier molecular flexibility index (Phi) is 2.21. The van der Waals surface area contributed by atoms with Crippen LogP contribution in [0.1, 0.15) is 25.3 Å². The molecule has 3 rings (SSSR count). The zero-order chi connectivity index (χ0) is 10.3. The topological polar surface area (TPSA) is 0 Å². The third kappa shape index (κ3) is 1.55. The molecule has 1 heterocycles. The summed E-state index contributed by atoms with van der Waals surface area (Å²) in [7, 11) is 0. The molecule has 1 aromatic rings. The highest BCUT2D eigenvalue weighted by Crippen LogP contribution is 2.46. The summed E-state index contributed by atoms with van der Waals surface area (Å²) < 4.78 is 0. The Balaban J connectivity index is 2.10. The van der Waals surface area contributed by atoms with Gasteiger partial charge < -0.3 is 0 Å². The summed E-state index contributed by atoms with van der Waals surface area (Å²) in [5.41, 5.74) is 4.53. The highest BCUT2D eigenvalue weighted by Gasteiger charge is 2.26.